The Hall–Kier alpha value is -1.56. The van der Waals surface area contributed by atoms with Crippen LogP contribution in [0, 0.1) is 17.2 Å². The van der Waals surface area contributed by atoms with Gasteiger partial charge in [0.25, 0.3) is 0 Å². The molecule has 20 heavy (non-hydrogen) atoms. The fourth-order valence-corrected chi connectivity index (χ4v) is 2.51. The average molecular weight is 315 g/mol. The molecule has 2 nitrogen and oxygen atoms in total. The summed E-state index contributed by atoms with van der Waals surface area (Å²) in [6, 6.07) is 4.15. The van der Waals surface area contributed by atoms with Crippen molar-refractivity contribution in [2.75, 3.05) is 5.75 Å². The third-order valence-corrected chi connectivity index (χ3v) is 3.71. The van der Waals surface area contributed by atoms with Gasteiger partial charge in [-0.05, 0) is 18.2 Å². The molecule has 0 aliphatic rings. The molecule has 0 heterocycles. The predicted molar refractivity (Wildman–Crippen MR) is 57.9 cm³/mol. The molecule has 110 valence electrons. The Kier molecular flexibility index (Phi) is 4.81. The smallest absolute Gasteiger partial charge is 0.254 e. The summed E-state index contributed by atoms with van der Waals surface area (Å²) in [7, 11) is -2.35. The first kappa shape index (κ1) is 16.5. The quantitative estimate of drug-likeness (QED) is 0.801. The van der Waals surface area contributed by atoms with Gasteiger partial charge in [0.2, 0.25) is 0 Å². The second-order valence-corrected chi connectivity index (χ2v) is 5.26. The largest absolute Gasteiger partial charge is 0.416 e. The second kappa shape index (κ2) is 5.83. The van der Waals surface area contributed by atoms with Crippen molar-refractivity contribution in [3.63, 3.8) is 0 Å². The first-order chi connectivity index (χ1) is 9.05. The minimum absolute atomic E-state index is 0.399. The monoisotopic (exact) mass is 315 g/mol. The fraction of sp³-hybridized carbons (Fsp3) is 0.364. The minimum Gasteiger partial charge on any atom is -0.254 e. The standard InChI is InChI=1S/C11H7F6NOS/c12-10(13,14)7-2-1-3-9(4-7)20(19)6-8(5-18)11(15,16)17/h1-4,8H,6H2. The molecule has 2 unspecified atom stereocenters. The van der Waals surface area contributed by atoms with Gasteiger partial charge < -0.3 is 0 Å². The van der Waals surface area contributed by atoms with Crippen LogP contribution in [0.15, 0.2) is 29.2 Å². The van der Waals surface area contributed by atoms with Gasteiger partial charge in [0.1, 0.15) is 0 Å². The third kappa shape index (κ3) is 4.23. The SMILES string of the molecule is N#CC(CS(=O)c1cccc(C(F)(F)F)c1)C(F)(F)F. The second-order valence-electron chi connectivity index (χ2n) is 3.76. The molecular formula is C11H7F6NOS. The van der Waals surface area contributed by atoms with Gasteiger partial charge in [0.05, 0.1) is 28.2 Å². The van der Waals surface area contributed by atoms with E-state index in [1.54, 1.807) is 0 Å². The van der Waals surface area contributed by atoms with Gasteiger partial charge in [0, 0.05) is 4.90 Å². The maximum absolute atomic E-state index is 12.4. The lowest BCUT2D eigenvalue weighted by atomic mass is 10.2. The van der Waals surface area contributed by atoms with Gasteiger partial charge in [0.15, 0.2) is 5.92 Å². The molecule has 1 rings (SSSR count). The van der Waals surface area contributed by atoms with Gasteiger partial charge in [-0.3, -0.25) is 4.21 Å². The molecule has 0 bridgehead atoms. The molecule has 0 radical (unpaired) electrons. The summed E-state index contributed by atoms with van der Waals surface area (Å²) in [5, 5.41) is 8.36. The average Bonchev–Trinajstić information content (AvgIpc) is 2.33. The van der Waals surface area contributed by atoms with E-state index in [9.17, 15) is 30.6 Å². The Labute approximate surface area is 112 Å². The summed E-state index contributed by atoms with van der Waals surface area (Å²) in [5.74, 6) is -3.58. The van der Waals surface area contributed by atoms with E-state index < -0.39 is 45.3 Å². The Morgan fingerprint density at radius 3 is 2.25 bits per heavy atom. The molecular weight excluding hydrogens is 308 g/mol. The Morgan fingerprint density at radius 2 is 1.80 bits per heavy atom. The summed E-state index contributed by atoms with van der Waals surface area (Å²) >= 11 is 0. The number of hydrogen-bond acceptors (Lipinski definition) is 2. The van der Waals surface area contributed by atoms with Crippen LogP contribution in [0.2, 0.25) is 0 Å². The normalized spacial score (nSPS) is 15.4. The summed E-state index contributed by atoms with van der Waals surface area (Å²) in [5.41, 5.74) is -1.11. The van der Waals surface area contributed by atoms with Crippen LogP contribution >= 0.6 is 0 Å². The number of benzene rings is 1. The van der Waals surface area contributed by atoms with Gasteiger partial charge in [-0.1, -0.05) is 6.07 Å². The summed E-state index contributed by atoms with van der Waals surface area (Å²) in [4.78, 5) is -0.399. The number of halogens is 6. The maximum Gasteiger partial charge on any atom is 0.416 e. The highest BCUT2D eigenvalue weighted by atomic mass is 32.2. The number of alkyl halides is 6. The molecule has 0 saturated carbocycles. The number of rotatable bonds is 3. The molecule has 0 N–H and O–H groups in total. The van der Waals surface area contributed by atoms with E-state index in [1.807, 2.05) is 0 Å². The molecule has 0 aromatic heterocycles. The molecule has 0 aliphatic carbocycles. The van der Waals surface area contributed by atoms with Crippen molar-refractivity contribution in [3.05, 3.63) is 29.8 Å². The Bertz CT molecular complexity index is 545. The number of nitrogens with zero attached hydrogens (tertiary/aromatic N) is 1. The summed E-state index contributed by atoms with van der Waals surface area (Å²) < 4.78 is 85.9. The fourth-order valence-electron chi connectivity index (χ4n) is 1.27. The highest BCUT2D eigenvalue weighted by molar-refractivity contribution is 7.85. The lowest BCUT2D eigenvalue weighted by Gasteiger charge is -2.13. The van der Waals surface area contributed by atoms with Crippen molar-refractivity contribution in [2.24, 2.45) is 5.92 Å². The van der Waals surface area contributed by atoms with Crippen molar-refractivity contribution in [1.29, 1.82) is 5.26 Å². The number of hydrogen-bond donors (Lipinski definition) is 0. The lowest BCUT2D eigenvalue weighted by Crippen LogP contribution is -2.26. The molecule has 1 aromatic rings. The minimum atomic E-state index is -4.87. The molecule has 0 amide bonds. The van der Waals surface area contributed by atoms with E-state index in [0.29, 0.717) is 12.1 Å². The summed E-state index contributed by atoms with van der Waals surface area (Å²) in [6.07, 6.45) is -9.55. The van der Waals surface area contributed by atoms with E-state index in [-0.39, 0.29) is 0 Å². The highest BCUT2D eigenvalue weighted by Gasteiger charge is 2.41. The van der Waals surface area contributed by atoms with Crippen molar-refractivity contribution in [3.8, 4) is 6.07 Å². The van der Waals surface area contributed by atoms with Crippen LogP contribution in [0.5, 0.6) is 0 Å². The van der Waals surface area contributed by atoms with Crippen molar-refractivity contribution in [1.82, 2.24) is 0 Å². The predicted octanol–water partition coefficient (Wildman–Crippen LogP) is 3.52. The van der Waals surface area contributed by atoms with Crippen molar-refractivity contribution >= 4 is 10.8 Å². The first-order valence-electron chi connectivity index (χ1n) is 5.07. The van der Waals surface area contributed by atoms with Crippen LogP contribution in [-0.4, -0.2) is 16.1 Å². The first-order valence-corrected chi connectivity index (χ1v) is 6.39. The zero-order valence-electron chi connectivity index (χ0n) is 9.63. The third-order valence-electron chi connectivity index (χ3n) is 2.29. The molecule has 0 saturated heterocycles. The van der Waals surface area contributed by atoms with Crippen LogP contribution in [-0.2, 0) is 17.0 Å². The topological polar surface area (TPSA) is 40.9 Å². The van der Waals surface area contributed by atoms with Crippen LogP contribution in [0.1, 0.15) is 5.56 Å². The van der Waals surface area contributed by atoms with Crippen LogP contribution < -0.4 is 0 Å². The molecule has 0 aliphatic heterocycles. The molecule has 2 atom stereocenters. The van der Waals surface area contributed by atoms with Crippen LogP contribution in [0.25, 0.3) is 0 Å². The Morgan fingerprint density at radius 1 is 1.20 bits per heavy atom. The summed E-state index contributed by atoms with van der Waals surface area (Å²) in [6.45, 7) is 0. The lowest BCUT2D eigenvalue weighted by molar-refractivity contribution is -0.153. The molecule has 0 spiro atoms. The number of nitriles is 1. The van der Waals surface area contributed by atoms with E-state index >= 15 is 0 Å². The zero-order valence-corrected chi connectivity index (χ0v) is 10.4. The van der Waals surface area contributed by atoms with E-state index in [1.165, 1.54) is 0 Å². The van der Waals surface area contributed by atoms with Gasteiger partial charge in [-0.15, -0.1) is 0 Å². The highest BCUT2D eigenvalue weighted by Crippen LogP contribution is 2.31. The molecule has 1 aromatic carbocycles. The van der Waals surface area contributed by atoms with E-state index in [0.717, 1.165) is 18.2 Å². The maximum atomic E-state index is 12.4. The molecule has 9 heteroatoms. The van der Waals surface area contributed by atoms with Crippen molar-refractivity contribution in [2.45, 2.75) is 17.2 Å². The van der Waals surface area contributed by atoms with Gasteiger partial charge in [-0.2, -0.15) is 31.6 Å². The molecule has 0 fully saturated rings. The van der Waals surface area contributed by atoms with E-state index in [2.05, 4.69) is 0 Å². The van der Waals surface area contributed by atoms with Crippen LogP contribution in [0.3, 0.4) is 0 Å². The van der Waals surface area contributed by atoms with E-state index in [4.69, 9.17) is 5.26 Å². The Balaban J connectivity index is 2.97. The van der Waals surface area contributed by atoms with Crippen molar-refractivity contribution < 1.29 is 30.6 Å². The van der Waals surface area contributed by atoms with Crippen LogP contribution in [0.4, 0.5) is 26.3 Å². The van der Waals surface area contributed by atoms with Gasteiger partial charge >= 0.3 is 12.4 Å². The van der Waals surface area contributed by atoms with Gasteiger partial charge in [-0.25, -0.2) is 0 Å². The zero-order chi connectivity index (χ0) is 15.6.